The highest BCUT2D eigenvalue weighted by Crippen LogP contribution is 2.62. The van der Waals surface area contributed by atoms with Crippen molar-refractivity contribution in [3.8, 4) is 0 Å². The summed E-state index contributed by atoms with van der Waals surface area (Å²) in [5.74, 6) is -0.943. The van der Waals surface area contributed by atoms with Gasteiger partial charge in [-0.1, -0.05) is 27.7 Å². The van der Waals surface area contributed by atoms with E-state index in [1.54, 1.807) is 0 Å². The summed E-state index contributed by atoms with van der Waals surface area (Å²) in [5, 5.41) is 2.88. The Morgan fingerprint density at radius 3 is 2.33 bits per heavy atom. The smallest absolute Gasteiger partial charge is 0.254 e. The normalized spacial score (nSPS) is 20.5. The van der Waals surface area contributed by atoms with Crippen LogP contribution in [0.5, 0.6) is 0 Å². The molecule has 0 heterocycles. The van der Waals surface area contributed by atoms with Gasteiger partial charge < -0.3 is 11.1 Å². The van der Waals surface area contributed by atoms with Gasteiger partial charge in [0.05, 0.1) is 5.56 Å². The molecule has 2 rings (SSSR count). The largest absolute Gasteiger partial charge is 0.399 e. The zero-order valence-corrected chi connectivity index (χ0v) is 11.2. The Balaban J connectivity index is 2.17. The molecule has 0 saturated heterocycles. The van der Waals surface area contributed by atoms with E-state index in [4.69, 9.17) is 5.73 Å². The molecular formula is C14H19FN2O. The average Bonchev–Trinajstić information content (AvgIpc) is 2.64. The number of nitrogens with two attached hydrogens (primary N) is 1. The van der Waals surface area contributed by atoms with Crippen LogP contribution < -0.4 is 11.1 Å². The second-order valence-electron chi connectivity index (χ2n) is 6.09. The third-order valence-electron chi connectivity index (χ3n) is 4.53. The minimum absolute atomic E-state index is 0.00787. The maximum Gasteiger partial charge on any atom is 0.254 e. The van der Waals surface area contributed by atoms with Gasteiger partial charge in [-0.25, -0.2) is 4.39 Å². The molecule has 1 amide bonds. The van der Waals surface area contributed by atoms with Crippen LogP contribution in [0.3, 0.4) is 0 Å². The zero-order chi connectivity index (χ0) is 13.7. The van der Waals surface area contributed by atoms with Crippen LogP contribution in [-0.2, 0) is 0 Å². The lowest BCUT2D eigenvalue weighted by Crippen LogP contribution is -2.30. The molecule has 1 aliphatic carbocycles. The number of hydrogen-bond donors (Lipinski definition) is 2. The van der Waals surface area contributed by atoms with Crippen molar-refractivity contribution in [1.29, 1.82) is 0 Å². The molecule has 1 aliphatic rings. The first kappa shape index (κ1) is 12.9. The molecule has 0 spiro atoms. The molecule has 3 nitrogen and oxygen atoms in total. The van der Waals surface area contributed by atoms with E-state index < -0.39 is 11.7 Å². The summed E-state index contributed by atoms with van der Waals surface area (Å²) in [6.45, 7) is 8.36. The van der Waals surface area contributed by atoms with Crippen LogP contribution in [0.4, 0.5) is 10.1 Å². The van der Waals surface area contributed by atoms with Crippen molar-refractivity contribution in [3.63, 3.8) is 0 Å². The highest BCUT2D eigenvalue weighted by atomic mass is 19.1. The number of halogens is 1. The van der Waals surface area contributed by atoms with E-state index in [1.807, 2.05) is 0 Å². The number of anilines is 1. The number of hydrogen-bond acceptors (Lipinski definition) is 2. The number of carbonyl (C=O) groups is 1. The lowest BCUT2D eigenvalue weighted by atomic mass is 10.0. The molecule has 1 saturated carbocycles. The maximum atomic E-state index is 13.6. The minimum Gasteiger partial charge on any atom is -0.399 e. The molecule has 0 aliphatic heterocycles. The molecule has 1 fully saturated rings. The minimum atomic E-state index is -0.544. The molecule has 18 heavy (non-hydrogen) atoms. The van der Waals surface area contributed by atoms with Crippen LogP contribution in [0.2, 0.25) is 0 Å². The van der Waals surface area contributed by atoms with Crippen LogP contribution in [0.15, 0.2) is 18.2 Å². The maximum absolute atomic E-state index is 13.6. The average molecular weight is 250 g/mol. The van der Waals surface area contributed by atoms with E-state index in [0.29, 0.717) is 5.69 Å². The Morgan fingerprint density at radius 2 is 1.83 bits per heavy atom. The molecule has 0 bridgehead atoms. The standard InChI is InChI=1S/C14H19FN2O/c1-13(2)12(14(13,3)4)17-11(18)9-7-8(16)5-6-10(9)15/h5-7,12H,16H2,1-4H3,(H,17,18). The lowest BCUT2D eigenvalue weighted by molar-refractivity contribution is 0.0939. The summed E-state index contributed by atoms with van der Waals surface area (Å²) in [6.07, 6.45) is 0. The van der Waals surface area contributed by atoms with Gasteiger partial charge in [0.1, 0.15) is 5.82 Å². The van der Waals surface area contributed by atoms with E-state index >= 15 is 0 Å². The van der Waals surface area contributed by atoms with Crippen LogP contribution in [0, 0.1) is 16.6 Å². The van der Waals surface area contributed by atoms with Gasteiger partial charge in [0.15, 0.2) is 0 Å². The Labute approximate surface area is 107 Å². The van der Waals surface area contributed by atoms with Crippen molar-refractivity contribution in [2.24, 2.45) is 10.8 Å². The number of nitrogen functional groups attached to an aromatic ring is 1. The van der Waals surface area contributed by atoms with Crippen molar-refractivity contribution in [1.82, 2.24) is 5.32 Å². The van der Waals surface area contributed by atoms with Crippen LogP contribution >= 0.6 is 0 Å². The molecular weight excluding hydrogens is 231 g/mol. The van der Waals surface area contributed by atoms with Gasteiger partial charge in [0, 0.05) is 11.7 Å². The number of benzene rings is 1. The van der Waals surface area contributed by atoms with Gasteiger partial charge >= 0.3 is 0 Å². The van der Waals surface area contributed by atoms with Crippen LogP contribution in [-0.4, -0.2) is 11.9 Å². The van der Waals surface area contributed by atoms with Gasteiger partial charge in [-0.2, -0.15) is 0 Å². The van der Waals surface area contributed by atoms with Crippen molar-refractivity contribution >= 4 is 11.6 Å². The van der Waals surface area contributed by atoms with Crippen molar-refractivity contribution < 1.29 is 9.18 Å². The van der Waals surface area contributed by atoms with E-state index in [1.165, 1.54) is 18.2 Å². The number of nitrogens with one attached hydrogen (secondary N) is 1. The molecule has 0 atom stereocenters. The van der Waals surface area contributed by atoms with Crippen molar-refractivity contribution in [2.75, 3.05) is 5.73 Å². The second-order valence-corrected chi connectivity index (χ2v) is 6.09. The van der Waals surface area contributed by atoms with Gasteiger partial charge in [-0.3, -0.25) is 4.79 Å². The van der Waals surface area contributed by atoms with Gasteiger partial charge in [-0.15, -0.1) is 0 Å². The van der Waals surface area contributed by atoms with Gasteiger partial charge in [-0.05, 0) is 29.0 Å². The van der Waals surface area contributed by atoms with E-state index in [0.717, 1.165) is 0 Å². The van der Waals surface area contributed by atoms with E-state index in [-0.39, 0.29) is 22.4 Å². The highest BCUT2D eigenvalue weighted by molar-refractivity contribution is 5.95. The molecule has 0 radical (unpaired) electrons. The van der Waals surface area contributed by atoms with Crippen LogP contribution in [0.25, 0.3) is 0 Å². The van der Waals surface area contributed by atoms with E-state index in [9.17, 15) is 9.18 Å². The SMILES string of the molecule is CC1(C)C(NC(=O)c2cc(N)ccc2F)C1(C)C. The van der Waals surface area contributed by atoms with Gasteiger partial charge in [0.2, 0.25) is 0 Å². The molecule has 1 aromatic carbocycles. The fourth-order valence-corrected chi connectivity index (χ4v) is 2.48. The molecule has 4 heteroatoms. The lowest BCUT2D eigenvalue weighted by Gasteiger charge is -2.08. The Hall–Kier alpha value is -1.58. The number of amides is 1. The third kappa shape index (κ3) is 1.76. The Bertz CT molecular complexity index is 495. The Morgan fingerprint density at radius 1 is 1.28 bits per heavy atom. The third-order valence-corrected chi connectivity index (χ3v) is 4.53. The van der Waals surface area contributed by atoms with Crippen LogP contribution in [0.1, 0.15) is 38.1 Å². The first-order chi connectivity index (χ1) is 8.18. The summed E-state index contributed by atoms with van der Waals surface area (Å²) in [6, 6.07) is 4.08. The summed E-state index contributed by atoms with van der Waals surface area (Å²) >= 11 is 0. The number of carbonyl (C=O) groups excluding carboxylic acids is 1. The predicted molar refractivity (Wildman–Crippen MR) is 69.6 cm³/mol. The molecule has 0 unspecified atom stereocenters. The molecule has 1 aromatic rings. The topological polar surface area (TPSA) is 55.1 Å². The van der Waals surface area contributed by atoms with E-state index in [2.05, 4.69) is 33.0 Å². The fraction of sp³-hybridized carbons (Fsp3) is 0.500. The fourth-order valence-electron chi connectivity index (χ4n) is 2.48. The quantitative estimate of drug-likeness (QED) is 0.793. The Kier molecular flexibility index (Phi) is 2.65. The summed E-state index contributed by atoms with van der Waals surface area (Å²) in [4.78, 5) is 12.0. The summed E-state index contributed by atoms with van der Waals surface area (Å²) < 4.78 is 13.6. The number of rotatable bonds is 2. The van der Waals surface area contributed by atoms with Crippen molar-refractivity contribution in [3.05, 3.63) is 29.6 Å². The first-order valence-electron chi connectivity index (χ1n) is 6.04. The molecule has 0 aromatic heterocycles. The summed E-state index contributed by atoms with van der Waals surface area (Å²) in [5.41, 5.74) is 6.02. The zero-order valence-electron chi connectivity index (χ0n) is 11.2. The van der Waals surface area contributed by atoms with Gasteiger partial charge in [0.25, 0.3) is 5.91 Å². The first-order valence-corrected chi connectivity index (χ1v) is 6.04. The highest BCUT2D eigenvalue weighted by Gasteiger charge is 2.65. The monoisotopic (exact) mass is 250 g/mol. The predicted octanol–water partition coefficient (Wildman–Crippen LogP) is 2.57. The molecule has 3 N–H and O–H groups in total. The molecule has 98 valence electrons. The van der Waals surface area contributed by atoms with Crippen molar-refractivity contribution in [2.45, 2.75) is 33.7 Å². The summed E-state index contributed by atoms with van der Waals surface area (Å²) in [7, 11) is 0. The second kappa shape index (κ2) is 3.70.